The van der Waals surface area contributed by atoms with Gasteiger partial charge in [-0.15, -0.1) is 0 Å². The normalized spacial score (nSPS) is 17.2. The molecule has 84 valence electrons. The smallest absolute Gasteiger partial charge is 0.119 e. The summed E-state index contributed by atoms with van der Waals surface area (Å²) in [5.41, 5.74) is 0.862. The molecule has 3 heteroatoms. The first kappa shape index (κ1) is 11.0. The molecule has 1 aromatic carbocycles. The minimum Gasteiger partial charge on any atom is -0.494 e. The van der Waals surface area contributed by atoms with Crippen molar-refractivity contribution in [3.8, 4) is 11.8 Å². The highest BCUT2D eigenvalue weighted by Gasteiger charge is 2.38. The van der Waals surface area contributed by atoms with Gasteiger partial charge in [0, 0.05) is 0 Å². The highest BCUT2D eigenvalue weighted by atomic mass is 16.5. The number of ether oxygens (including phenoxy) is 2. The summed E-state index contributed by atoms with van der Waals surface area (Å²) >= 11 is 0. The average molecular weight is 217 g/mol. The van der Waals surface area contributed by atoms with Gasteiger partial charge in [0.25, 0.3) is 0 Å². The SMILES string of the molecule is CCOc1ccc(CC2(C#N)COC2)cc1. The third-order valence-electron chi connectivity index (χ3n) is 2.77. The van der Waals surface area contributed by atoms with Gasteiger partial charge in [-0.25, -0.2) is 0 Å². The van der Waals surface area contributed by atoms with E-state index in [4.69, 9.17) is 14.7 Å². The zero-order valence-corrected chi connectivity index (χ0v) is 9.40. The molecule has 1 saturated heterocycles. The van der Waals surface area contributed by atoms with E-state index in [0.29, 0.717) is 19.8 Å². The van der Waals surface area contributed by atoms with Crippen molar-refractivity contribution in [1.29, 1.82) is 5.26 Å². The molecule has 0 bridgehead atoms. The summed E-state index contributed by atoms with van der Waals surface area (Å²) in [6.45, 7) is 3.74. The monoisotopic (exact) mass is 217 g/mol. The Kier molecular flexibility index (Phi) is 3.12. The number of hydrogen-bond donors (Lipinski definition) is 0. The van der Waals surface area contributed by atoms with E-state index in [2.05, 4.69) is 6.07 Å². The summed E-state index contributed by atoms with van der Waals surface area (Å²) < 4.78 is 10.5. The molecule has 0 saturated carbocycles. The molecule has 0 unspecified atom stereocenters. The van der Waals surface area contributed by atoms with Crippen LogP contribution in [0, 0.1) is 16.7 Å². The number of nitriles is 1. The van der Waals surface area contributed by atoms with E-state index < -0.39 is 0 Å². The first-order valence-electron chi connectivity index (χ1n) is 5.49. The maximum absolute atomic E-state index is 9.08. The highest BCUT2D eigenvalue weighted by molar-refractivity contribution is 5.29. The molecule has 1 fully saturated rings. The highest BCUT2D eigenvalue weighted by Crippen LogP contribution is 2.31. The van der Waals surface area contributed by atoms with Crippen LogP contribution in [0.4, 0.5) is 0 Å². The Labute approximate surface area is 95.6 Å². The molecule has 0 radical (unpaired) electrons. The molecule has 1 aliphatic heterocycles. The van der Waals surface area contributed by atoms with Gasteiger partial charge < -0.3 is 9.47 Å². The van der Waals surface area contributed by atoms with Crippen LogP contribution in [0.2, 0.25) is 0 Å². The molecule has 2 rings (SSSR count). The van der Waals surface area contributed by atoms with Crippen LogP contribution in [0.1, 0.15) is 12.5 Å². The molecule has 1 aromatic rings. The maximum atomic E-state index is 9.08. The van der Waals surface area contributed by atoms with Gasteiger partial charge in [0.1, 0.15) is 11.2 Å². The van der Waals surface area contributed by atoms with Crippen molar-refractivity contribution in [3.63, 3.8) is 0 Å². The van der Waals surface area contributed by atoms with Crippen molar-refractivity contribution in [3.05, 3.63) is 29.8 Å². The molecule has 0 amide bonds. The predicted octanol–water partition coefficient (Wildman–Crippen LogP) is 2.17. The Morgan fingerprint density at radius 2 is 2.06 bits per heavy atom. The van der Waals surface area contributed by atoms with Gasteiger partial charge in [0.15, 0.2) is 0 Å². The second-order valence-electron chi connectivity index (χ2n) is 4.14. The van der Waals surface area contributed by atoms with Crippen LogP contribution in [0.5, 0.6) is 5.75 Å². The fourth-order valence-electron chi connectivity index (χ4n) is 1.82. The van der Waals surface area contributed by atoms with Gasteiger partial charge >= 0.3 is 0 Å². The van der Waals surface area contributed by atoms with Gasteiger partial charge in [-0.2, -0.15) is 5.26 Å². The van der Waals surface area contributed by atoms with Crippen LogP contribution >= 0.6 is 0 Å². The van der Waals surface area contributed by atoms with Crippen LogP contribution < -0.4 is 4.74 Å². The standard InChI is InChI=1S/C13H15NO2/c1-2-16-12-5-3-11(4-6-12)7-13(8-14)9-15-10-13/h3-6H,2,7,9-10H2,1H3. The van der Waals surface area contributed by atoms with E-state index in [1.54, 1.807) is 0 Å². The zero-order chi connectivity index (χ0) is 11.4. The average Bonchev–Trinajstić information content (AvgIpc) is 2.26. The van der Waals surface area contributed by atoms with Crippen molar-refractivity contribution in [2.45, 2.75) is 13.3 Å². The summed E-state index contributed by atoms with van der Waals surface area (Å²) in [5, 5.41) is 9.08. The van der Waals surface area contributed by atoms with E-state index in [0.717, 1.165) is 17.7 Å². The van der Waals surface area contributed by atoms with Crippen molar-refractivity contribution in [2.24, 2.45) is 5.41 Å². The quantitative estimate of drug-likeness (QED) is 0.776. The molecular weight excluding hydrogens is 202 g/mol. The van der Waals surface area contributed by atoms with Crippen molar-refractivity contribution >= 4 is 0 Å². The lowest BCUT2D eigenvalue weighted by Gasteiger charge is -2.35. The number of hydrogen-bond acceptors (Lipinski definition) is 3. The largest absolute Gasteiger partial charge is 0.494 e. The van der Waals surface area contributed by atoms with E-state index in [-0.39, 0.29) is 5.41 Å². The Bertz CT molecular complexity index is 387. The molecule has 1 aliphatic rings. The van der Waals surface area contributed by atoms with E-state index in [1.807, 2.05) is 31.2 Å². The maximum Gasteiger partial charge on any atom is 0.119 e. The Morgan fingerprint density at radius 1 is 1.38 bits per heavy atom. The first-order chi connectivity index (χ1) is 7.78. The first-order valence-corrected chi connectivity index (χ1v) is 5.49. The molecule has 0 spiro atoms. The lowest BCUT2D eigenvalue weighted by atomic mass is 9.81. The van der Waals surface area contributed by atoms with Crippen LogP contribution in [0.25, 0.3) is 0 Å². The molecule has 3 nitrogen and oxygen atoms in total. The van der Waals surface area contributed by atoms with Gasteiger partial charge in [-0.3, -0.25) is 0 Å². The van der Waals surface area contributed by atoms with Crippen LogP contribution in [-0.4, -0.2) is 19.8 Å². The van der Waals surface area contributed by atoms with E-state index in [1.165, 1.54) is 0 Å². The molecular formula is C13H15NO2. The van der Waals surface area contributed by atoms with E-state index in [9.17, 15) is 0 Å². The minimum atomic E-state index is -0.298. The fraction of sp³-hybridized carbons (Fsp3) is 0.462. The third kappa shape index (κ3) is 2.17. The third-order valence-corrected chi connectivity index (χ3v) is 2.77. The van der Waals surface area contributed by atoms with Gasteiger partial charge in [0.05, 0.1) is 25.9 Å². The summed E-state index contributed by atoms with van der Waals surface area (Å²) in [4.78, 5) is 0. The Morgan fingerprint density at radius 3 is 2.50 bits per heavy atom. The Balaban J connectivity index is 2.02. The van der Waals surface area contributed by atoms with Crippen LogP contribution in [0.15, 0.2) is 24.3 Å². The lowest BCUT2D eigenvalue weighted by Crippen LogP contribution is -2.43. The molecule has 0 atom stereocenters. The van der Waals surface area contributed by atoms with Crippen LogP contribution in [0.3, 0.4) is 0 Å². The summed E-state index contributed by atoms with van der Waals surface area (Å²) in [5.74, 6) is 0.877. The van der Waals surface area contributed by atoms with Crippen molar-refractivity contribution in [2.75, 3.05) is 19.8 Å². The van der Waals surface area contributed by atoms with Gasteiger partial charge in [-0.1, -0.05) is 12.1 Å². The van der Waals surface area contributed by atoms with Gasteiger partial charge in [-0.05, 0) is 31.0 Å². The van der Waals surface area contributed by atoms with E-state index >= 15 is 0 Å². The molecule has 0 aliphatic carbocycles. The second-order valence-corrected chi connectivity index (χ2v) is 4.14. The van der Waals surface area contributed by atoms with Gasteiger partial charge in [0.2, 0.25) is 0 Å². The molecule has 0 N–H and O–H groups in total. The van der Waals surface area contributed by atoms with Crippen molar-refractivity contribution < 1.29 is 9.47 Å². The lowest BCUT2D eigenvalue weighted by molar-refractivity contribution is -0.0765. The van der Waals surface area contributed by atoms with Crippen molar-refractivity contribution in [1.82, 2.24) is 0 Å². The summed E-state index contributed by atoms with van der Waals surface area (Å²) in [6, 6.07) is 10.3. The molecule has 1 heterocycles. The summed E-state index contributed by atoms with van der Waals surface area (Å²) in [7, 11) is 0. The van der Waals surface area contributed by atoms with Crippen LogP contribution in [-0.2, 0) is 11.2 Å². The summed E-state index contributed by atoms with van der Waals surface area (Å²) in [6.07, 6.45) is 0.760. The number of benzene rings is 1. The number of nitrogens with zero attached hydrogens (tertiary/aromatic N) is 1. The fourth-order valence-corrected chi connectivity index (χ4v) is 1.82. The second kappa shape index (κ2) is 4.54. The number of rotatable bonds is 4. The topological polar surface area (TPSA) is 42.2 Å². The molecule has 0 aromatic heterocycles. The minimum absolute atomic E-state index is 0.298. The Hall–Kier alpha value is -1.53. The predicted molar refractivity (Wildman–Crippen MR) is 60.2 cm³/mol. The molecule has 16 heavy (non-hydrogen) atoms. The zero-order valence-electron chi connectivity index (χ0n) is 9.40.